The minimum absolute atomic E-state index is 0.0826. The van der Waals surface area contributed by atoms with E-state index in [1.807, 2.05) is 6.92 Å². The number of hydrogen-bond acceptors (Lipinski definition) is 6. The van der Waals surface area contributed by atoms with Gasteiger partial charge in [-0.3, -0.25) is 9.59 Å². The Morgan fingerprint density at radius 1 is 1.21 bits per heavy atom. The van der Waals surface area contributed by atoms with Gasteiger partial charge in [-0.25, -0.2) is 14.2 Å². The first-order chi connectivity index (χ1) is 20.3. The molecule has 10 nitrogen and oxygen atoms in total. The summed E-state index contributed by atoms with van der Waals surface area (Å²) in [6, 6.07) is 3.05. The summed E-state index contributed by atoms with van der Waals surface area (Å²) in [6.07, 6.45) is 1.29. The first-order valence-corrected chi connectivity index (χ1v) is 14.7. The van der Waals surface area contributed by atoms with Gasteiger partial charge >= 0.3 is 5.97 Å². The summed E-state index contributed by atoms with van der Waals surface area (Å²) in [7, 11) is 1.71. The highest BCUT2D eigenvalue weighted by Gasteiger charge is 2.35. The molecule has 0 spiro atoms. The van der Waals surface area contributed by atoms with E-state index < -0.39 is 23.5 Å². The van der Waals surface area contributed by atoms with E-state index in [0.29, 0.717) is 71.6 Å². The smallest absolute Gasteiger partial charge is 0.337 e. The number of aliphatic carboxylic acids is 1. The number of aryl methyl sites for hydroxylation is 2. The fourth-order valence-corrected chi connectivity index (χ4v) is 6.13. The Bertz CT molecular complexity index is 1620. The summed E-state index contributed by atoms with van der Waals surface area (Å²) in [5.41, 5.74) is 3.11. The molecule has 43 heavy (non-hydrogen) atoms. The average molecular weight is 595 g/mol. The molecule has 2 N–H and O–H groups in total. The van der Waals surface area contributed by atoms with Crippen molar-refractivity contribution in [2.75, 3.05) is 26.2 Å². The number of benzene rings is 1. The molecule has 11 heteroatoms. The van der Waals surface area contributed by atoms with E-state index in [2.05, 4.69) is 5.32 Å². The van der Waals surface area contributed by atoms with Crippen molar-refractivity contribution in [1.82, 2.24) is 19.8 Å². The number of carboxylic acids is 1. The number of aromatic nitrogens is 2. The summed E-state index contributed by atoms with van der Waals surface area (Å²) in [6.45, 7) is 10.7. The van der Waals surface area contributed by atoms with E-state index in [1.54, 1.807) is 50.3 Å². The zero-order valence-corrected chi connectivity index (χ0v) is 25.6. The molecule has 0 unspecified atom stereocenters. The molecule has 2 aromatic heterocycles. The maximum absolute atomic E-state index is 15.6. The molecule has 0 saturated carbocycles. The summed E-state index contributed by atoms with van der Waals surface area (Å²) in [5.74, 6) is -1.79. The number of carbonyl (C=O) groups excluding carboxylic acids is 2. The highest BCUT2D eigenvalue weighted by molar-refractivity contribution is 6.04. The van der Waals surface area contributed by atoms with Crippen LogP contribution >= 0.6 is 0 Å². The Morgan fingerprint density at radius 2 is 1.95 bits per heavy atom. The van der Waals surface area contributed by atoms with Gasteiger partial charge in [0.2, 0.25) is 5.91 Å². The van der Waals surface area contributed by atoms with Gasteiger partial charge in [0.15, 0.2) is 17.7 Å². The van der Waals surface area contributed by atoms with E-state index in [0.717, 1.165) is 24.0 Å². The molecule has 0 radical (unpaired) electrons. The Kier molecular flexibility index (Phi) is 8.22. The zero-order valence-electron chi connectivity index (χ0n) is 25.6. The molecule has 4 heterocycles. The lowest BCUT2D eigenvalue weighted by molar-refractivity contribution is -0.160. The fraction of sp³-hybridized carbons (Fsp3) is 0.500. The zero-order chi connectivity index (χ0) is 31.2. The number of halogens is 1. The van der Waals surface area contributed by atoms with Crippen LogP contribution in [0.25, 0.3) is 22.2 Å². The predicted molar refractivity (Wildman–Crippen MR) is 159 cm³/mol. The number of nitrogens with zero attached hydrogens (tertiary/aromatic N) is 3. The van der Waals surface area contributed by atoms with Crippen LogP contribution in [-0.4, -0.2) is 69.2 Å². The maximum atomic E-state index is 15.6. The van der Waals surface area contributed by atoms with E-state index >= 15 is 4.39 Å². The predicted octanol–water partition coefficient (Wildman–Crippen LogP) is 4.61. The first-order valence-electron chi connectivity index (χ1n) is 14.7. The Hall–Kier alpha value is -3.99. The average Bonchev–Trinajstić information content (AvgIpc) is 3.50. The number of carbonyl (C=O) groups is 3. The molecule has 5 rings (SSSR count). The minimum Gasteiger partial charge on any atom is -0.490 e. The van der Waals surface area contributed by atoms with Crippen LogP contribution < -0.4 is 10.1 Å². The summed E-state index contributed by atoms with van der Waals surface area (Å²) < 4.78 is 29.0. The van der Waals surface area contributed by atoms with Gasteiger partial charge in [-0.1, -0.05) is 0 Å². The molecule has 1 aromatic carbocycles. The number of amides is 2. The fourth-order valence-electron chi connectivity index (χ4n) is 6.13. The SMILES string of the molecule is Cc1nc2c(cc(C(=O)NCCN3CCCC3=O)n2C)c(-c2cc(F)c3c(c2C)CCCO3)c1[C@H](OC(C)(C)C)C(=O)O. The number of nitrogens with one attached hydrogen (secondary N) is 1. The van der Waals surface area contributed by atoms with E-state index in [-0.39, 0.29) is 24.1 Å². The molecule has 2 aliphatic heterocycles. The Labute approximate surface area is 250 Å². The van der Waals surface area contributed by atoms with Crippen LogP contribution in [-0.2, 0) is 27.8 Å². The van der Waals surface area contributed by atoms with Crippen molar-refractivity contribution >= 4 is 28.8 Å². The molecule has 3 aromatic rings. The monoisotopic (exact) mass is 594 g/mol. The number of hydrogen-bond donors (Lipinski definition) is 2. The second-order valence-electron chi connectivity index (χ2n) is 12.3. The Balaban J connectivity index is 1.69. The second kappa shape index (κ2) is 11.6. The summed E-state index contributed by atoms with van der Waals surface area (Å²) >= 11 is 0. The lowest BCUT2D eigenvalue weighted by Gasteiger charge is -2.29. The molecule has 1 fully saturated rings. The van der Waals surface area contributed by atoms with Gasteiger partial charge in [-0.2, -0.15) is 0 Å². The third kappa shape index (κ3) is 5.82. The van der Waals surface area contributed by atoms with Crippen molar-refractivity contribution in [2.45, 2.75) is 72.0 Å². The quantitative estimate of drug-likeness (QED) is 0.390. The minimum atomic E-state index is -1.41. The van der Waals surface area contributed by atoms with Crippen molar-refractivity contribution in [3.8, 4) is 16.9 Å². The van der Waals surface area contributed by atoms with Crippen LogP contribution in [0.1, 0.15) is 79.0 Å². The third-order valence-electron chi connectivity index (χ3n) is 8.14. The molecule has 2 aliphatic rings. The normalized spacial score (nSPS) is 15.9. The number of rotatable bonds is 8. The van der Waals surface area contributed by atoms with Gasteiger partial charge in [-0.15, -0.1) is 0 Å². The number of fused-ring (bicyclic) bond motifs is 2. The van der Waals surface area contributed by atoms with Crippen molar-refractivity contribution in [3.63, 3.8) is 0 Å². The molecule has 1 atom stereocenters. The molecule has 1 saturated heterocycles. The van der Waals surface area contributed by atoms with Gasteiger partial charge < -0.3 is 29.4 Å². The molecule has 0 aliphatic carbocycles. The number of carboxylic acid groups (broad SMARTS) is 1. The lowest BCUT2D eigenvalue weighted by Crippen LogP contribution is -2.36. The lowest BCUT2D eigenvalue weighted by atomic mass is 9.86. The Morgan fingerprint density at radius 3 is 2.60 bits per heavy atom. The van der Waals surface area contributed by atoms with Crippen LogP contribution in [0.3, 0.4) is 0 Å². The van der Waals surface area contributed by atoms with Crippen LogP contribution in [0, 0.1) is 19.7 Å². The molecular weight excluding hydrogens is 555 g/mol. The largest absolute Gasteiger partial charge is 0.490 e. The van der Waals surface area contributed by atoms with E-state index in [1.165, 1.54) is 6.07 Å². The van der Waals surface area contributed by atoms with Crippen LogP contribution in [0.15, 0.2) is 12.1 Å². The highest BCUT2D eigenvalue weighted by Crippen LogP contribution is 2.44. The van der Waals surface area contributed by atoms with Crippen molar-refractivity contribution in [1.29, 1.82) is 0 Å². The van der Waals surface area contributed by atoms with Crippen molar-refractivity contribution < 1.29 is 33.4 Å². The topological polar surface area (TPSA) is 123 Å². The van der Waals surface area contributed by atoms with Gasteiger partial charge in [0.1, 0.15) is 11.3 Å². The number of ether oxygens (including phenoxy) is 2. The first kappa shape index (κ1) is 30.5. The van der Waals surface area contributed by atoms with Crippen LogP contribution in [0.4, 0.5) is 4.39 Å². The maximum Gasteiger partial charge on any atom is 0.337 e. The van der Waals surface area contributed by atoms with Gasteiger partial charge in [0.25, 0.3) is 5.91 Å². The van der Waals surface area contributed by atoms with Gasteiger partial charge in [0, 0.05) is 60.9 Å². The molecule has 0 bridgehead atoms. The van der Waals surface area contributed by atoms with Gasteiger partial charge in [-0.05, 0) is 77.1 Å². The van der Waals surface area contributed by atoms with Crippen LogP contribution in [0.2, 0.25) is 0 Å². The van der Waals surface area contributed by atoms with E-state index in [4.69, 9.17) is 14.5 Å². The molecular formula is C32H39FN4O6. The highest BCUT2D eigenvalue weighted by atomic mass is 19.1. The number of pyridine rings is 1. The standard InChI is InChI=1S/C32H39FN4O6/c1-17-19-9-8-14-42-27(19)22(33)15-20(17)26-21-16-23(30(39)34-11-13-37-12-7-10-24(37)38)36(6)29(21)35-18(2)25(26)28(31(40)41)43-32(3,4)5/h15-16,28H,7-14H2,1-6H3,(H,34,39)(H,40,41)/t28-/m0/s1. The van der Waals surface area contributed by atoms with Crippen LogP contribution in [0.5, 0.6) is 5.75 Å². The number of likely N-dealkylation sites (tertiary alicyclic amines) is 1. The van der Waals surface area contributed by atoms with Gasteiger partial charge in [0.05, 0.1) is 12.2 Å². The second-order valence-corrected chi connectivity index (χ2v) is 12.3. The van der Waals surface area contributed by atoms with Crippen molar-refractivity contribution in [3.05, 3.63) is 46.0 Å². The summed E-state index contributed by atoms with van der Waals surface area (Å²) in [5, 5.41) is 13.8. The van der Waals surface area contributed by atoms with E-state index in [9.17, 15) is 19.5 Å². The van der Waals surface area contributed by atoms with Crippen molar-refractivity contribution in [2.24, 2.45) is 7.05 Å². The third-order valence-corrected chi connectivity index (χ3v) is 8.14. The molecule has 2 amide bonds. The molecule has 230 valence electrons. The summed E-state index contributed by atoms with van der Waals surface area (Å²) in [4.78, 5) is 44.6.